The quantitative estimate of drug-likeness (QED) is 0.569. The molecule has 0 bridgehead atoms. The van der Waals surface area contributed by atoms with Crippen LogP contribution < -0.4 is 51.4 Å². The average molecular weight is 290 g/mol. The second kappa shape index (κ2) is 7.97. The summed E-state index contributed by atoms with van der Waals surface area (Å²) in [5.41, 5.74) is 0. The topological polar surface area (TPSA) is 15.7 Å². The molecule has 2 fully saturated rings. The largest absolute Gasteiger partial charge is 1.00 e. The zero-order valence-corrected chi connectivity index (χ0v) is 14.1. The van der Waals surface area contributed by atoms with Crippen molar-refractivity contribution in [2.75, 3.05) is 45.8 Å². The fourth-order valence-electron chi connectivity index (χ4n) is 2.70. The van der Waals surface area contributed by atoms with Crippen LogP contribution in [-0.4, -0.2) is 68.7 Å². The van der Waals surface area contributed by atoms with Gasteiger partial charge in [-0.25, -0.2) is 0 Å². The molecule has 2 saturated heterocycles. The minimum atomic E-state index is -4.67. The van der Waals surface area contributed by atoms with Crippen molar-refractivity contribution in [1.29, 1.82) is 0 Å². The molecule has 0 N–H and O–H groups in total. The SMILES string of the molecule is F[B-](F)(F)CN1CCC(N2CCOCC2)CC1.[K+]. The first-order chi connectivity index (χ1) is 8.04. The number of hydrogen-bond donors (Lipinski definition) is 0. The van der Waals surface area contributed by atoms with Gasteiger partial charge in [-0.3, -0.25) is 4.90 Å². The second-order valence-electron chi connectivity index (χ2n) is 4.89. The van der Waals surface area contributed by atoms with Gasteiger partial charge in [0.15, 0.2) is 0 Å². The first-order valence-corrected chi connectivity index (χ1v) is 6.30. The van der Waals surface area contributed by atoms with E-state index in [1.54, 1.807) is 0 Å². The van der Waals surface area contributed by atoms with Crippen molar-refractivity contribution >= 4 is 6.98 Å². The van der Waals surface area contributed by atoms with Crippen molar-refractivity contribution in [3.05, 3.63) is 0 Å². The van der Waals surface area contributed by atoms with Crippen molar-refractivity contribution in [1.82, 2.24) is 9.80 Å². The number of hydrogen-bond acceptors (Lipinski definition) is 3. The van der Waals surface area contributed by atoms with Crippen LogP contribution in [0.4, 0.5) is 12.9 Å². The van der Waals surface area contributed by atoms with Gasteiger partial charge in [-0.1, -0.05) is 0 Å². The van der Waals surface area contributed by atoms with Crippen LogP contribution in [0.15, 0.2) is 0 Å². The Morgan fingerprint density at radius 2 is 1.56 bits per heavy atom. The van der Waals surface area contributed by atoms with Gasteiger partial charge in [0.1, 0.15) is 0 Å². The van der Waals surface area contributed by atoms with Crippen LogP contribution in [0.1, 0.15) is 12.8 Å². The number of piperidine rings is 1. The van der Waals surface area contributed by atoms with E-state index < -0.39 is 13.4 Å². The monoisotopic (exact) mass is 290 g/mol. The normalized spacial score (nSPS) is 24.8. The molecular formula is C10H19BF3KN2O. The first kappa shape index (κ1) is 17.4. The van der Waals surface area contributed by atoms with Crippen LogP contribution in [0.5, 0.6) is 0 Å². The summed E-state index contributed by atoms with van der Waals surface area (Å²) in [5.74, 6) is 0. The number of likely N-dealkylation sites (tertiary alicyclic amines) is 1. The van der Waals surface area contributed by atoms with Gasteiger partial charge in [0, 0.05) is 19.1 Å². The molecule has 0 saturated carbocycles. The predicted molar refractivity (Wildman–Crippen MR) is 60.9 cm³/mol. The third-order valence-electron chi connectivity index (χ3n) is 3.58. The van der Waals surface area contributed by atoms with Crippen LogP contribution in [0, 0.1) is 0 Å². The molecule has 0 aliphatic carbocycles. The van der Waals surface area contributed by atoms with Gasteiger partial charge in [-0.15, -0.1) is 0 Å². The summed E-state index contributed by atoms with van der Waals surface area (Å²) in [6, 6.07) is 0.455. The molecule has 3 nitrogen and oxygen atoms in total. The number of rotatable bonds is 3. The summed E-state index contributed by atoms with van der Waals surface area (Å²) >= 11 is 0. The Morgan fingerprint density at radius 3 is 2.06 bits per heavy atom. The van der Waals surface area contributed by atoms with E-state index in [1.807, 2.05) is 0 Å². The number of nitrogens with zero attached hydrogens (tertiary/aromatic N) is 2. The fourth-order valence-corrected chi connectivity index (χ4v) is 2.70. The maximum atomic E-state index is 12.3. The second-order valence-corrected chi connectivity index (χ2v) is 4.89. The maximum absolute atomic E-state index is 12.3. The van der Waals surface area contributed by atoms with Crippen molar-refractivity contribution in [3.63, 3.8) is 0 Å². The Morgan fingerprint density at radius 1 is 1.00 bits per heavy atom. The molecule has 8 heteroatoms. The molecule has 0 aromatic rings. The summed E-state index contributed by atoms with van der Waals surface area (Å²) in [7, 11) is 0. The van der Waals surface area contributed by atoms with Crippen molar-refractivity contribution in [2.45, 2.75) is 18.9 Å². The zero-order chi connectivity index (χ0) is 12.3. The summed E-state index contributed by atoms with van der Waals surface area (Å²) in [6.07, 6.45) is 1.01. The van der Waals surface area contributed by atoms with E-state index in [2.05, 4.69) is 4.90 Å². The summed E-state index contributed by atoms with van der Waals surface area (Å²) < 4.78 is 42.1. The van der Waals surface area contributed by atoms with E-state index in [-0.39, 0.29) is 51.4 Å². The van der Waals surface area contributed by atoms with Gasteiger partial charge < -0.3 is 22.6 Å². The molecule has 18 heavy (non-hydrogen) atoms. The van der Waals surface area contributed by atoms with Gasteiger partial charge in [-0.2, -0.15) is 0 Å². The molecular weight excluding hydrogens is 271 g/mol. The molecule has 0 radical (unpaired) electrons. The Labute approximate surface area is 149 Å². The van der Waals surface area contributed by atoms with E-state index in [4.69, 9.17) is 4.74 Å². The van der Waals surface area contributed by atoms with Crippen LogP contribution >= 0.6 is 0 Å². The Hall–Kier alpha value is 1.37. The average Bonchev–Trinajstić information content (AvgIpc) is 2.29. The van der Waals surface area contributed by atoms with E-state index in [1.165, 1.54) is 4.90 Å². The number of halogens is 3. The molecule has 0 unspecified atom stereocenters. The van der Waals surface area contributed by atoms with Crippen LogP contribution in [0.3, 0.4) is 0 Å². The van der Waals surface area contributed by atoms with Gasteiger partial charge in [-0.05, 0) is 32.4 Å². The minimum Gasteiger partial charge on any atom is -0.448 e. The zero-order valence-electron chi connectivity index (χ0n) is 11.0. The standard InChI is InChI=1S/C10H19BF3N2O.K/c12-11(13,14)9-15-3-1-10(2-4-15)16-5-7-17-8-6-16;/h10H,1-9H2;/q-1;+1. The molecule has 100 valence electrons. The van der Waals surface area contributed by atoms with E-state index in [9.17, 15) is 12.9 Å². The minimum absolute atomic E-state index is 0. The van der Waals surface area contributed by atoms with E-state index in [0.717, 1.165) is 39.1 Å². The Bertz CT molecular complexity index is 244. The van der Waals surface area contributed by atoms with Gasteiger partial charge in [0.05, 0.1) is 13.2 Å². The van der Waals surface area contributed by atoms with E-state index >= 15 is 0 Å². The molecule has 2 heterocycles. The smallest absolute Gasteiger partial charge is 0.448 e. The first-order valence-electron chi connectivity index (χ1n) is 6.30. The van der Waals surface area contributed by atoms with Crippen molar-refractivity contribution in [3.8, 4) is 0 Å². The Balaban J connectivity index is 0.00000162. The van der Waals surface area contributed by atoms with Gasteiger partial charge >= 0.3 is 58.4 Å². The maximum Gasteiger partial charge on any atom is 1.00 e. The van der Waals surface area contributed by atoms with Crippen LogP contribution in [-0.2, 0) is 4.74 Å². The molecule has 0 amide bonds. The molecule has 0 aromatic carbocycles. The Kier molecular flexibility index (Phi) is 7.72. The predicted octanol–water partition coefficient (Wildman–Crippen LogP) is -1.83. The molecule has 0 spiro atoms. The summed E-state index contributed by atoms with van der Waals surface area (Å²) in [4.78, 5) is 3.90. The molecule has 0 aromatic heterocycles. The van der Waals surface area contributed by atoms with Crippen molar-refractivity contribution in [2.24, 2.45) is 0 Å². The van der Waals surface area contributed by atoms with Gasteiger partial charge in [0.25, 0.3) is 0 Å². The van der Waals surface area contributed by atoms with Gasteiger partial charge in [0.2, 0.25) is 0 Å². The molecule has 2 aliphatic rings. The molecule has 0 atom stereocenters. The third-order valence-corrected chi connectivity index (χ3v) is 3.58. The van der Waals surface area contributed by atoms with Crippen LogP contribution in [0.25, 0.3) is 0 Å². The summed E-state index contributed by atoms with van der Waals surface area (Å²) in [6.45, 7) is -0.165. The van der Waals surface area contributed by atoms with E-state index in [0.29, 0.717) is 19.1 Å². The fraction of sp³-hybridized carbons (Fsp3) is 1.00. The van der Waals surface area contributed by atoms with Crippen LogP contribution in [0.2, 0.25) is 0 Å². The number of morpholine rings is 1. The molecule has 2 aliphatic heterocycles. The molecule has 2 rings (SSSR count). The summed E-state index contributed by atoms with van der Waals surface area (Å²) in [5, 5.41) is 0. The van der Waals surface area contributed by atoms with Crippen molar-refractivity contribution < 1.29 is 69.1 Å². The number of ether oxygens (including phenoxy) is 1. The third kappa shape index (κ3) is 5.78.